The number of carbonyl (C=O) groups excluding carboxylic acids is 1. The van der Waals surface area contributed by atoms with Gasteiger partial charge in [0.05, 0.1) is 5.41 Å². The van der Waals surface area contributed by atoms with Crippen molar-refractivity contribution < 1.29 is 4.79 Å². The number of H-pyrrole nitrogens is 1. The minimum Gasteiger partial charge on any atom is -0.358 e. The number of hydrogen-bond donors (Lipinski definition) is 2. The summed E-state index contributed by atoms with van der Waals surface area (Å²) in [6.07, 6.45) is 1.85. The Bertz CT molecular complexity index is 901. The van der Waals surface area contributed by atoms with Crippen LogP contribution in [0.5, 0.6) is 0 Å². The number of aromatic amines is 1. The van der Waals surface area contributed by atoms with Gasteiger partial charge in [0.25, 0.3) is 0 Å². The summed E-state index contributed by atoms with van der Waals surface area (Å²) in [7, 11) is 0. The van der Waals surface area contributed by atoms with Crippen molar-refractivity contribution in [3.8, 4) is 0 Å². The first-order valence-electron chi connectivity index (χ1n) is 8.52. The van der Waals surface area contributed by atoms with E-state index in [1.165, 1.54) is 16.5 Å². The molecule has 1 aliphatic rings. The van der Waals surface area contributed by atoms with Gasteiger partial charge in [-0.25, -0.2) is 0 Å². The maximum atomic E-state index is 12.9. The predicted octanol–water partition coefficient (Wildman–Crippen LogP) is 4.13. The monoisotopic (exact) mass is 318 g/mol. The molecule has 0 unspecified atom stereocenters. The van der Waals surface area contributed by atoms with Gasteiger partial charge in [0, 0.05) is 23.1 Å². The fraction of sp³-hybridized carbons (Fsp3) is 0.286. The van der Waals surface area contributed by atoms with Gasteiger partial charge < -0.3 is 10.3 Å². The van der Waals surface area contributed by atoms with Crippen LogP contribution in [0, 0.1) is 13.8 Å². The van der Waals surface area contributed by atoms with E-state index in [4.69, 9.17) is 0 Å². The Morgan fingerprint density at radius 3 is 2.50 bits per heavy atom. The average molecular weight is 318 g/mol. The molecule has 0 aliphatic heterocycles. The van der Waals surface area contributed by atoms with E-state index in [0.717, 1.165) is 29.6 Å². The minimum atomic E-state index is -0.353. The Hall–Kier alpha value is -2.55. The van der Waals surface area contributed by atoms with Gasteiger partial charge in [0.15, 0.2) is 0 Å². The Labute approximate surface area is 142 Å². The Morgan fingerprint density at radius 2 is 1.79 bits per heavy atom. The molecule has 24 heavy (non-hydrogen) atoms. The standard InChI is InChI=1S/C21H22N2O/c1-14-7-9-16(10-8-14)13-22-20(24)21(11-12-21)19-15(2)23-18-6-4-3-5-17(18)19/h3-10,23H,11-13H2,1-2H3,(H,22,24). The molecule has 3 nitrogen and oxygen atoms in total. The third-order valence-electron chi connectivity index (χ3n) is 5.13. The van der Waals surface area contributed by atoms with Crippen LogP contribution in [0.3, 0.4) is 0 Å². The van der Waals surface area contributed by atoms with E-state index >= 15 is 0 Å². The SMILES string of the molecule is Cc1ccc(CNC(=O)C2(c3c(C)[nH]c4ccccc34)CC2)cc1. The number of hydrogen-bond acceptors (Lipinski definition) is 1. The van der Waals surface area contributed by atoms with Crippen LogP contribution in [0.2, 0.25) is 0 Å². The summed E-state index contributed by atoms with van der Waals surface area (Å²) in [5, 5.41) is 4.33. The largest absolute Gasteiger partial charge is 0.358 e. The van der Waals surface area contributed by atoms with Crippen LogP contribution in [0.4, 0.5) is 0 Å². The highest BCUT2D eigenvalue weighted by Crippen LogP contribution is 2.52. The molecule has 1 fully saturated rings. The number of benzene rings is 2. The molecule has 122 valence electrons. The molecule has 1 aromatic heterocycles. The van der Waals surface area contributed by atoms with E-state index in [2.05, 4.69) is 60.5 Å². The lowest BCUT2D eigenvalue weighted by Crippen LogP contribution is -2.34. The predicted molar refractivity (Wildman–Crippen MR) is 97.0 cm³/mol. The summed E-state index contributed by atoms with van der Waals surface area (Å²) in [6.45, 7) is 4.73. The summed E-state index contributed by atoms with van der Waals surface area (Å²) >= 11 is 0. The highest BCUT2D eigenvalue weighted by Gasteiger charge is 2.53. The maximum Gasteiger partial charge on any atom is 0.231 e. The van der Waals surface area contributed by atoms with Gasteiger partial charge in [0.2, 0.25) is 5.91 Å². The number of amides is 1. The zero-order chi connectivity index (χ0) is 16.7. The lowest BCUT2D eigenvalue weighted by atomic mass is 9.92. The molecular formula is C21H22N2O. The van der Waals surface area contributed by atoms with Crippen molar-refractivity contribution in [3.05, 3.63) is 70.9 Å². The molecule has 3 heteroatoms. The molecule has 0 bridgehead atoms. The fourth-order valence-electron chi connectivity index (χ4n) is 3.67. The van der Waals surface area contributed by atoms with Gasteiger partial charge in [0.1, 0.15) is 0 Å². The van der Waals surface area contributed by atoms with Gasteiger partial charge in [-0.15, -0.1) is 0 Å². The topological polar surface area (TPSA) is 44.9 Å². The lowest BCUT2D eigenvalue weighted by molar-refractivity contribution is -0.123. The number of aromatic nitrogens is 1. The number of nitrogens with one attached hydrogen (secondary N) is 2. The summed E-state index contributed by atoms with van der Waals surface area (Å²) in [5.74, 6) is 0.149. The molecule has 0 atom stereocenters. The Morgan fingerprint density at radius 1 is 1.08 bits per heavy atom. The summed E-state index contributed by atoms with van der Waals surface area (Å²) in [5.41, 5.74) is 5.42. The van der Waals surface area contributed by atoms with E-state index in [-0.39, 0.29) is 11.3 Å². The first-order chi connectivity index (χ1) is 11.6. The molecule has 1 amide bonds. The molecule has 1 heterocycles. The molecule has 2 aromatic carbocycles. The number of aryl methyl sites for hydroxylation is 2. The van der Waals surface area contributed by atoms with Gasteiger partial charge >= 0.3 is 0 Å². The van der Waals surface area contributed by atoms with Gasteiger partial charge in [-0.1, -0.05) is 48.0 Å². The van der Waals surface area contributed by atoms with Crippen molar-refractivity contribution in [2.24, 2.45) is 0 Å². The summed E-state index contributed by atoms with van der Waals surface area (Å²) in [4.78, 5) is 16.4. The number of fused-ring (bicyclic) bond motifs is 1. The van der Waals surface area contributed by atoms with E-state index in [9.17, 15) is 4.79 Å². The molecule has 1 saturated carbocycles. The van der Waals surface area contributed by atoms with E-state index in [1.54, 1.807) is 0 Å². The average Bonchev–Trinajstić information content (AvgIpc) is 3.31. The molecule has 0 saturated heterocycles. The van der Waals surface area contributed by atoms with Crippen molar-refractivity contribution in [3.63, 3.8) is 0 Å². The Balaban J connectivity index is 1.59. The van der Waals surface area contributed by atoms with E-state index in [1.807, 2.05) is 12.1 Å². The molecule has 0 radical (unpaired) electrons. The lowest BCUT2D eigenvalue weighted by Gasteiger charge is -2.16. The quantitative estimate of drug-likeness (QED) is 0.746. The van der Waals surface area contributed by atoms with Gasteiger partial charge in [-0.05, 0) is 43.9 Å². The van der Waals surface area contributed by atoms with Gasteiger partial charge in [-0.3, -0.25) is 4.79 Å². The maximum absolute atomic E-state index is 12.9. The zero-order valence-electron chi connectivity index (χ0n) is 14.1. The second-order valence-corrected chi connectivity index (χ2v) is 6.92. The van der Waals surface area contributed by atoms with Crippen molar-refractivity contribution >= 4 is 16.8 Å². The second kappa shape index (κ2) is 5.52. The van der Waals surface area contributed by atoms with E-state index in [0.29, 0.717) is 6.54 Å². The van der Waals surface area contributed by atoms with Crippen molar-refractivity contribution in [2.45, 2.75) is 38.6 Å². The highest BCUT2D eigenvalue weighted by molar-refractivity contribution is 5.98. The van der Waals surface area contributed by atoms with Crippen molar-refractivity contribution in [2.75, 3.05) is 0 Å². The highest BCUT2D eigenvalue weighted by atomic mass is 16.2. The third kappa shape index (κ3) is 2.41. The normalized spacial score (nSPS) is 15.4. The van der Waals surface area contributed by atoms with E-state index < -0.39 is 0 Å². The van der Waals surface area contributed by atoms with Crippen LogP contribution < -0.4 is 5.32 Å². The van der Waals surface area contributed by atoms with Crippen LogP contribution in [0.15, 0.2) is 48.5 Å². The third-order valence-corrected chi connectivity index (χ3v) is 5.13. The molecule has 1 aliphatic carbocycles. The first kappa shape index (κ1) is 15.0. The van der Waals surface area contributed by atoms with Crippen LogP contribution in [-0.4, -0.2) is 10.9 Å². The van der Waals surface area contributed by atoms with Crippen LogP contribution in [0.1, 0.15) is 35.2 Å². The number of rotatable bonds is 4. The molecular weight excluding hydrogens is 296 g/mol. The molecule has 2 N–H and O–H groups in total. The number of carbonyl (C=O) groups is 1. The Kier molecular flexibility index (Phi) is 3.45. The van der Waals surface area contributed by atoms with Gasteiger partial charge in [-0.2, -0.15) is 0 Å². The molecule has 3 aromatic rings. The minimum absolute atomic E-state index is 0.149. The van der Waals surface area contributed by atoms with Crippen LogP contribution in [-0.2, 0) is 16.8 Å². The molecule has 0 spiro atoms. The van der Waals surface area contributed by atoms with Crippen LogP contribution in [0.25, 0.3) is 10.9 Å². The summed E-state index contributed by atoms with van der Waals surface area (Å²) in [6, 6.07) is 16.6. The van der Waals surface area contributed by atoms with Crippen molar-refractivity contribution in [1.82, 2.24) is 10.3 Å². The second-order valence-electron chi connectivity index (χ2n) is 6.92. The van der Waals surface area contributed by atoms with Crippen LogP contribution >= 0.6 is 0 Å². The van der Waals surface area contributed by atoms with Crippen molar-refractivity contribution in [1.29, 1.82) is 0 Å². The zero-order valence-corrected chi connectivity index (χ0v) is 14.1. The fourth-order valence-corrected chi connectivity index (χ4v) is 3.67. The smallest absolute Gasteiger partial charge is 0.231 e. The number of para-hydroxylation sites is 1. The molecule has 4 rings (SSSR count). The first-order valence-corrected chi connectivity index (χ1v) is 8.52. The summed E-state index contributed by atoms with van der Waals surface area (Å²) < 4.78 is 0.